The molecule has 0 rings (SSSR count). The van der Waals surface area contributed by atoms with Gasteiger partial charge in [0.25, 0.3) is 5.91 Å². The van der Waals surface area contributed by atoms with Gasteiger partial charge in [0, 0.05) is 0 Å². The smallest absolute Gasteiger partial charge is 0.282 e. The van der Waals surface area contributed by atoms with E-state index in [9.17, 15) is 19.8 Å². The highest BCUT2D eigenvalue weighted by atomic mass is 16.5. The lowest BCUT2D eigenvalue weighted by molar-refractivity contribution is -0.235. The standard InChI is InChI=1S/C11H18N2O4/c1-5-8(2)9(12-6-14)10(3,4)11(16,17)13-7-15/h8-9,16-17H,5H2,1-4H3. The summed E-state index contributed by atoms with van der Waals surface area (Å²) < 4.78 is 0. The first-order chi connectivity index (χ1) is 7.74. The number of hydrogen-bond acceptors (Lipinski definition) is 6. The van der Waals surface area contributed by atoms with Gasteiger partial charge in [0.05, 0.1) is 11.5 Å². The van der Waals surface area contributed by atoms with Gasteiger partial charge >= 0.3 is 0 Å². The van der Waals surface area contributed by atoms with Crippen molar-refractivity contribution >= 4 is 12.2 Å². The second-order valence-corrected chi connectivity index (χ2v) is 4.61. The molecule has 0 aromatic rings. The first kappa shape index (κ1) is 15.7. The summed E-state index contributed by atoms with van der Waals surface area (Å²) in [6.45, 7) is 6.62. The van der Waals surface area contributed by atoms with Crippen LogP contribution in [0, 0.1) is 11.3 Å². The quantitative estimate of drug-likeness (QED) is 0.407. The van der Waals surface area contributed by atoms with Crippen LogP contribution in [0.15, 0.2) is 9.98 Å². The molecule has 0 aliphatic rings. The third-order valence-corrected chi connectivity index (χ3v) is 3.18. The third-order valence-electron chi connectivity index (χ3n) is 3.18. The van der Waals surface area contributed by atoms with Crippen molar-refractivity contribution in [3.05, 3.63) is 0 Å². The fourth-order valence-corrected chi connectivity index (χ4v) is 1.69. The van der Waals surface area contributed by atoms with Crippen LogP contribution in [0.5, 0.6) is 0 Å². The van der Waals surface area contributed by atoms with Gasteiger partial charge in [-0.2, -0.15) is 0 Å². The van der Waals surface area contributed by atoms with Crippen LogP contribution in [-0.4, -0.2) is 34.3 Å². The van der Waals surface area contributed by atoms with E-state index in [1.54, 1.807) is 0 Å². The summed E-state index contributed by atoms with van der Waals surface area (Å²) in [6, 6.07) is -0.711. The maximum Gasteiger partial charge on any atom is 0.282 e. The van der Waals surface area contributed by atoms with Gasteiger partial charge < -0.3 is 10.2 Å². The van der Waals surface area contributed by atoms with Gasteiger partial charge in [-0.25, -0.2) is 14.6 Å². The number of aliphatic imine (C=N–C) groups is 2. The fraction of sp³-hybridized carbons (Fsp3) is 0.818. The average Bonchev–Trinajstić information content (AvgIpc) is 2.24. The van der Waals surface area contributed by atoms with E-state index >= 15 is 0 Å². The Hall–Kier alpha value is -1.32. The van der Waals surface area contributed by atoms with Crippen molar-refractivity contribution in [1.29, 1.82) is 0 Å². The molecule has 0 aromatic carbocycles. The largest absolute Gasteiger partial charge is 0.346 e. The summed E-state index contributed by atoms with van der Waals surface area (Å²) in [5.41, 5.74) is -1.31. The Morgan fingerprint density at radius 3 is 2.12 bits per heavy atom. The molecule has 0 aliphatic heterocycles. The molecule has 0 spiro atoms. The van der Waals surface area contributed by atoms with E-state index in [0.29, 0.717) is 6.42 Å². The van der Waals surface area contributed by atoms with Crippen LogP contribution in [-0.2, 0) is 9.59 Å². The minimum atomic E-state index is -2.62. The maximum atomic E-state index is 10.4. The van der Waals surface area contributed by atoms with Crippen LogP contribution in [0.25, 0.3) is 0 Å². The molecule has 0 amide bonds. The minimum Gasteiger partial charge on any atom is -0.346 e. The summed E-state index contributed by atoms with van der Waals surface area (Å²) in [5, 5.41) is 19.4. The van der Waals surface area contributed by atoms with Crippen molar-refractivity contribution in [1.82, 2.24) is 0 Å². The first-order valence-electron chi connectivity index (χ1n) is 5.35. The molecule has 2 N–H and O–H groups in total. The van der Waals surface area contributed by atoms with Crippen LogP contribution >= 0.6 is 0 Å². The molecule has 0 fully saturated rings. The van der Waals surface area contributed by atoms with E-state index in [0.717, 1.165) is 6.08 Å². The lowest BCUT2D eigenvalue weighted by atomic mass is 9.74. The maximum absolute atomic E-state index is 10.4. The first-order valence-corrected chi connectivity index (χ1v) is 5.35. The van der Waals surface area contributed by atoms with E-state index in [4.69, 9.17) is 0 Å². The molecule has 0 saturated heterocycles. The van der Waals surface area contributed by atoms with Crippen LogP contribution in [0.3, 0.4) is 0 Å². The predicted molar refractivity (Wildman–Crippen MR) is 60.4 cm³/mol. The van der Waals surface area contributed by atoms with E-state index in [1.807, 2.05) is 13.8 Å². The van der Waals surface area contributed by atoms with Crippen molar-refractivity contribution in [3.8, 4) is 0 Å². The summed E-state index contributed by atoms with van der Waals surface area (Å²) in [6.07, 6.45) is 3.20. The van der Waals surface area contributed by atoms with Crippen molar-refractivity contribution in [2.24, 2.45) is 21.3 Å². The van der Waals surface area contributed by atoms with Gasteiger partial charge in [0.2, 0.25) is 12.2 Å². The van der Waals surface area contributed by atoms with Crippen LogP contribution in [0.2, 0.25) is 0 Å². The number of isocyanates is 2. The highest BCUT2D eigenvalue weighted by Gasteiger charge is 2.50. The van der Waals surface area contributed by atoms with E-state index < -0.39 is 17.4 Å². The SMILES string of the molecule is CCC(C)C(N=C=O)C(C)(C)C(O)(O)N=C=O. The molecule has 6 heteroatoms. The highest BCUT2D eigenvalue weighted by Crippen LogP contribution is 2.39. The summed E-state index contributed by atoms with van der Waals surface area (Å²) in [7, 11) is 0. The molecule has 0 saturated carbocycles. The molecular formula is C11H18N2O4. The van der Waals surface area contributed by atoms with E-state index in [2.05, 4.69) is 9.98 Å². The van der Waals surface area contributed by atoms with Gasteiger partial charge in [0.15, 0.2) is 0 Å². The summed E-state index contributed by atoms with van der Waals surface area (Å²) in [4.78, 5) is 27.1. The zero-order valence-corrected chi connectivity index (χ0v) is 10.5. The Morgan fingerprint density at radius 2 is 1.76 bits per heavy atom. The van der Waals surface area contributed by atoms with Crippen molar-refractivity contribution in [2.75, 3.05) is 0 Å². The average molecular weight is 242 g/mol. The number of aliphatic hydroxyl groups is 2. The number of rotatable bonds is 6. The summed E-state index contributed by atoms with van der Waals surface area (Å²) >= 11 is 0. The molecular weight excluding hydrogens is 224 g/mol. The van der Waals surface area contributed by atoms with Gasteiger partial charge in [-0.05, 0) is 5.92 Å². The molecule has 17 heavy (non-hydrogen) atoms. The van der Waals surface area contributed by atoms with Gasteiger partial charge in [-0.15, -0.1) is 4.99 Å². The highest BCUT2D eigenvalue weighted by molar-refractivity contribution is 5.35. The summed E-state index contributed by atoms with van der Waals surface area (Å²) in [5.74, 6) is -2.71. The van der Waals surface area contributed by atoms with Crippen LogP contribution < -0.4 is 0 Å². The number of nitrogens with zero attached hydrogens (tertiary/aromatic N) is 2. The Kier molecular flexibility index (Phi) is 5.39. The molecule has 0 aromatic heterocycles. The molecule has 0 heterocycles. The lowest BCUT2D eigenvalue weighted by Gasteiger charge is -2.40. The third kappa shape index (κ3) is 3.32. The van der Waals surface area contributed by atoms with E-state index in [1.165, 1.54) is 19.9 Å². The topological polar surface area (TPSA) is 99.3 Å². The molecule has 6 nitrogen and oxygen atoms in total. The minimum absolute atomic E-state index is 0.0908. The normalized spacial score (nSPS) is 15.4. The van der Waals surface area contributed by atoms with Crippen LogP contribution in [0.4, 0.5) is 0 Å². The van der Waals surface area contributed by atoms with Crippen molar-refractivity contribution in [3.63, 3.8) is 0 Å². The monoisotopic (exact) mass is 242 g/mol. The Labute approximate surface area is 100 Å². The Morgan fingerprint density at radius 1 is 1.24 bits per heavy atom. The molecule has 0 radical (unpaired) electrons. The lowest BCUT2D eigenvalue weighted by Crippen LogP contribution is -2.51. The molecule has 0 aliphatic carbocycles. The van der Waals surface area contributed by atoms with Gasteiger partial charge in [-0.3, -0.25) is 0 Å². The zero-order valence-electron chi connectivity index (χ0n) is 10.5. The van der Waals surface area contributed by atoms with Crippen molar-refractivity contribution < 1.29 is 19.8 Å². The fourth-order valence-electron chi connectivity index (χ4n) is 1.69. The van der Waals surface area contributed by atoms with Gasteiger partial charge in [-0.1, -0.05) is 34.1 Å². The van der Waals surface area contributed by atoms with Crippen molar-refractivity contribution in [2.45, 2.75) is 46.1 Å². The second-order valence-electron chi connectivity index (χ2n) is 4.61. The predicted octanol–water partition coefficient (Wildman–Crippen LogP) is 0.737. The second kappa shape index (κ2) is 5.84. The Bertz CT molecular complexity index is 352. The number of hydrogen-bond donors (Lipinski definition) is 2. The molecule has 2 atom stereocenters. The molecule has 2 unspecified atom stereocenters. The molecule has 96 valence electrons. The Balaban J connectivity index is 5.49. The number of carbonyl (C=O) groups excluding carboxylic acids is 2. The molecule has 0 bridgehead atoms. The zero-order chi connectivity index (χ0) is 13.7. The van der Waals surface area contributed by atoms with Gasteiger partial charge in [0.1, 0.15) is 0 Å². The van der Waals surface area contributed by atoms with Crippen LogP contribution in [0.1, 0.15) is 34.1 Å². The van der Waals surface area contributed by atoms with E-state index in [-0.39, 0.29) is 5.92 Å².